The first-order chi connectivity index (χ1) is 12.6. The molecule has 3 aromatic rings. The highest BCUT2D eigenvalue weighted by atomic mass is 16.2. The van der Waals surface area contributed by atoms with Crippen LogP contribution in [0.25, 0.3) is 11.0 Å². The number of rotatable bonds is 6. The summed E-state index contributed by atoms with van der Waals surface area (Å²) in [4.78, 5) is 29.1. The van der Waals surface area contributed by atoms with Crippen molar-refractivity contribution in [1.29, 1.82) is 0 Å². The number of benzene rings is 2. The van der Waals surface area contributed by atoms with E-state index < -0.39 is 18.0 Å². The van der Waals surface area contributed by atoms with Gasteiger partial charge in [-0.3, -0.25) is 9.59 Å². The Labute approximate surface area is 148 Å². The molecule has 1 heterocycles. The molecule has 0 bridgehead atoms. The van der Waals surface area contributed by atoms with Gasteiger partial charge < -0.3 is 10.4 Å². The van der Waals surface area contributed by atoms with Gasteiger partial charge in [0, 0.05) is 11.7 Å². The van der Waals surface area contributed by atoms with Crippen LogP contribution >= 0.6 is 0 Å². The lowest BCUT2D eigenvalue weighted by atomic mass is 10.1. The Balaban J connectivity index is 1.99. The highest BCUT2D eigenvalue weighted by molar-refractivity contribution is 6.42. The summed E-state index contributed by atoms with van der Waals surface area (Å²) < 4.78 is 1.79. The van der Waals surface area contributed by atoms with Crippen LogP contribution in [0, 0.1) is 0 Å². The molecule has 0 aliphatic heterocycles. The van der Waals surface area contributed by atoms with Crippen LogP contribution in [0.5, 0.6) is 0 Å². The highest BCUT2D eigenvalue weighted by Crippen LogP contribution is 2.19. The molecule has 26 heavy (non-hydrogen) atoms. The molecule has 130 valence electrons. The molecule has 0 atom stereocenters. The van der Waals surface area contributed by atoms with Crippen LogP contribution in [0.3, 0.4) is 0 Å². The summed E-state index contributed by atoms with van der Waals surface area (Å²) in [5, 5.41) is 6.36. The van der Waals surface area contributed by atoms with Gasteiger partial charge in [0.1, 0.15) is 0 Å². The summed E-state index contributed by atoms with van der Waals surface area (Å²) in [5.41, 5.74) is 7.55. The second-order valence-corrected chi connectivity index (χ2v) is 5.60. The summed E-state index contributed by atoms with van der Waals surface area (Å²) in [6, 6.07) is 17.1. The third-order valence-electron chi connectivity index (χ3n) is 3.90. The van der Waals surface area contributed by atoms with Crippen molar-refractivity contribution in [3.05, 3.63) is 66.0 Å². The fraction of sp³-hybridized carbons (Fsp3) is 0.111. The Bertz CT molecular complexity index is 1010. The third-order valence-corrected chi connectivity index (χ3v) is 3.90. The molecule has 0 radical (unpaired) electrons. The number of nitrogens with zero attached hydrogens (tertiary/aromatic N) is 4. The normalized spacial score (nSPS) is 11.5. The molecule has 0 spiro atoms. The standard InChI is InChI=1S/C18H16N6O2/c19-22-17(23-20)15(25)10-16(26)18-21-13-8-4-5-9-14(13)24(18)11-12-6-2-1-3-7-12/h1-9,19H,10-11,20H2/p+1/b22-19?,23-17-. The number of aromatic nitrogens is 2. The maximum Gasteiger partial charge on any atom is 0.280 e. The van der Waals surface area contributed by atoms with Crippen molar-refractivity contribution >= 4 is 28.4 Å². The second kappa shape index (κ2) is 7.47. The number of nitrogens with two attached hydrogens (primary N) is 2. The lowest BCUT2D eigenvalue weighted by Crippen LogP contribution is -2.31. The van der Waals surface area contributed by atoms with E-state index in [9.17, 15) is 9.59 Å². The van der Waals surface area contributed by atoms with Gasteiger partial charge in [-0.2, -0.15) is 10.6 Å². The summed E-state index contributed by atoms with van der Waals surface area (Å²) >= 11 is 0. The van der Waals surface area contributed by atoms with E-state index in [0.29, 0.717) is 12.1 Å². The summed E-state index contributed by atoms with van der Waals surface area (Å²) in [6.07, 6.45) is -0.463. The van der Waals surface area contributed by atoms with Crippen LogP contribution in [0.1, 0.15) is 22.6 Å². The topological polar surface area (TPSA) is 128 Å². The molecular weight excluding hydrogens is 332 g/mol. The molecule has 4 N–H and O–H groups in total. The largest absolute Gasteiger partial charge is 0.321 e. The van der Waals surface area contributed by atoms with Crippen molar-refractivity contribution in [1.82, 2.24) is 9.55 Å². The molecule has 3 rings (SSSR count). The smallest absolute Gasteiger partial charge is 0.280 e. The van der Waals surface area contributed by atoms with E-state index in [1.54, 1.807) is 4.57 Å². The van der Waals surface area contributed by atoms with Crippen molar-refractivity contribution in [2.45, 2.75) is 13.0 Å². The fourth-order valence-corrected chi connectivity index (χ4v) is 2.70. The Morgan fingerprint density at radius 3 is 2.46 bits per heavy atom. The Morgan fingerprint density at radius 2 is 1.77 bits per heavy atom. The quantitative estimate of drug-likeness (QED) is 0.129. The molecule has 0 aliphatic rings. The first-order valence-corrected chi connectivity index (χ1v) is 7.88. The van der Waals surface area contributed by atoms with Crippen molar-refractivity contribution in [2.75, 3.05) is 0 Å². The maximum atomic E-state index is 12.7. The van der Waals surface area contributed by atoms with Crippen molar-refractivity contribution in [3.63, 3.8) is 0 Å². The van der Waals surface area contributed by atoms with Crippen LogP contribution < -0.4 is 11.4 Å². The Kier molecular flexibility index (Phi) is 4.93. The van der Waals surface area contributed by atoms with Gasteiger partial charge in [-0.1, -0.05) is 42.5 Å². The molecule has 0 saturated heterocycles. The second-order valence-electron chi connectivity index (χ2n) is 5.60. The number of carbonyl (C=O) groups is 2. The molecule has 8 heteroatoms. The van der Waals surface area contributed by atoms with Gasteiger partial charge in [-0.25, -0.2) is 4.98 Å². The average molecular weight is 349 g/mol. The summed E-state index contributed by atoms with van der Waals surface area (Å²) in [7, 11) is 0. The molecule has 8 nitrogen and oxygen atoms in total. The Hall–Kier alpha value is -3.68. The lowest BCUT2D eigenvalue weighted by molar-refractivity contribution is -0.207. The minimum Gasteiger partial charge on any atom is -0.321 e. The summed E-state index contributed by atoms with van der Waals surface area (Å²) in [5.74, 6) is 3.75. The molecule has 0 amide bonds. The van der Waals surface area contributed by atoms with Crippen LogP contribution in [-0.2, 0) is 11.3 Å². The third kappa shape index (κ3) is 3.39. The number of carbonyl (C=O) groups excluding carboxylic acids is 2. The SMILES string of the molecule is N/N=C(\N=[NH2+])C(=O)CC(=O)c1nc2ccccc2n1Cc1ccccc1. The van der Waals surface area contributed by atoms with Crippen LogP contribution in [0.15, 0.2) is 64.8 Å². The van der Waals surface area contributed by atoms with E-state index in [1.165, 1.54) is 0 Å². The van der Waals surface area contributed by atoms with Gasteiger partial charge in [0.25, 0.3) is 5.84 Å². The zero-order valence-electron chi connectivity index (χ0n) is 13.9. The zero-order chi connectivity index (χ0) is 18.5. The van der Waals surface area contributed by atoms with Gasteiger partial charge in [0.05, 0.1) is 17.5 Å². The average Bonchev–Trinajstić information content (AvgIpc) is 3.02. The van der Waals surface area contributed by atoms with Gasteiger partial charge in [0.15, 0.2) is 5.82 Å². The number of amidine groups is 1. The molecule has 0 fully saturated rings. The van der Waals surface area contributed by atoms with Crippen LogP contribution in [0.2, 0.25) is 0 Å². The maximum absolute atomic E-state index is 12.7. The number of fused-ring (bicyclic) bond motifs is 1. The molecule has 0 unspecified atom stereocenters. The van der Waals surface area contributed by atoms with E-state index in [1.807, 2.05) is 54.6 Å². The number of imidazole rings is 1. The molecule has 2 aromatic carbocycles. The molecular formula is C18H17N6O2+. The van der Waals surface area contributed by atoms with Crippen LogP contribution in [-0.4, -0.2) is 27.0 Å². The number of hydrogen-bond donors (Lipinski definition) is 2. The molecule has 1 aromatic heterocycles. The minimum atomic E-state index is -0.654. The first kappa shape index (κ1) is 17.2. The zero-order valence-corrected chi connectivity index (χ0v) is 13.9. The monoisotopic (exact) mass is 349 g/mol. The first-order valence-electron chi connectivity index (χ1n) is 7.88. The lowest BCUT2D eigenvalue weighted by Gasteiger charge is -2.08. The van der Waals surface area contributed by atoms with E-state index in [0.717, 1.165) is 11.1 Å². The van der Waals surface area contributed by atoms with E-state index in [2.05, 4.69) is 15.2 Å². The van der Waals surface area contributed by atoms with Gasteiger partial charge >= 0.3 is 0 Å². The summed E-state index contributed by atoms with van der Waals surface area (Å²) in [6.45, 7) is 0.454. The fourth-order valence-electron chi connectivity index (χ4n) is 2.70. The van der Waals surface area contributed by atoms with Gasteiger partial charge in [-0.15, -0.1) is 0 Å². The highest BCUT2D eigenvalue weighted by Gasteiger charge is 2.23. The Morgan fingerprint density at radius 1 is 1.08 bits per heavy atom. The number of ketones is 2. The van der Waals surface area contributed by atoms with Gasteiger partial charge in [0.2, 0.25) is 11.6 Å². The van der Waals surface area contributed by atoms with Crippen molar-refractivity contribution < 1.29 is 15.1 Å². The van der Waals surface area contributed by atoms with Crippen molar-refractivity contribution in [2.24, 2.45) is 16.1 Å². The van der Waals surface area contributed by atoms with Gasteiger partial charge in [-0.05, 0) is 17.7 Å². The predicted octanol–water partition coefficient (Wildman–Crippen LogP) is 0.710. The molecule has 0 aliphatic carbocycles. The van der Waals surface area contributed by atoms with E-state index in [4.69, 9.17) is 11.4 Å². The van der Waals surface area contributed by atoms with Crippen molar-refractivity contribution in [3.8, 4) is 0 Å². The number of hydrazone groups is 1. The number of hydrogen-bond acceptors (Lipinski definition) is 5. The van der Waals surface area contributed by atoms with Crippen LogP contribution in [0.4, 0.5) is 0 Å². The number of para-hydroxylation sites is 2. The van der Waals surface area contributed by atoms with E-state index >= 15 is 0 Å². The predicted molar refractivity (Wildman–Crippen MR) is 95.2 cm³/mol. The minimum absolute atomic E-state index is 0.191. The van der Waals surface area contributed by atoms with E-state index in [-0.39, 0.29) is 11.7 Å². The number of Topliss-reactive ketones (excluding diaryl/α,β-unsaturated/α-hetero) is 2. The molecule has 0 saturated carbocycles.